The molecule has 1 saturated heterocycles. The molecule has 1 aromatic rings. The molecule has 7 nitrogen and oxygen atoms in total. The molecule has 1 aliphatic rings. The van der Waals surface area contributed by atoms with E-state index in [9.17, 15) is 14.4 Å². The number of urea groups is 1. The third-order valence-corrected chi connectivity index (χ3v) is 3.06. The van der Waals surface area contributed by atoms with E-state index in [1.807, 2.05) is 0 Å². The zero-order chi connectivity index (χ0) is 14.2. The summed E-state index contributed by atoms with van der Waals surface area (Å²) in [4.78, 5) is 35.2. The summed E-state index contributed by atoms with van der Waals surface area (Å²) in [7, 11) is 0. The molecule has 0 spiro atoms. The van der Waals surface area contributed by atoms with Gasteiger partial charge >= 0.3 is 12.0 Å². The maximum Gasteiger partial charge on any atom is 0.325 e. The standard InChI is InChI=1S/C12H13N3O4/c1-12(7-2-4-8(13)5-3-7)10(18)15(6-9(16)17)11(19)14-12/h2-5H,6,13H2,1H3,(H,14,19)(H,16,17)/t12-/m1/s1. The van der Waals surface area contributed by atoms with Crippen LogP contribution in [0.3, 0.4) is 0 Å². The number of hydrogen-bond acceptors (Lipinski definition) is 4. The minimum atomic E-state index is -1.26. The van der Waals surface area contributed by atoms with E-state index in [2.05, 4.69) is 5.32 Å². The number of nitrogens with two attached hydrogens (primary N) is 1. The van der Waals surface area contributed by atoms with Crippen molar-refractivity contribution in [2.45, 2.75) is 12.5 Å². The number of nitrogen functional groups attached to an aromatic ring is 1. The molecule has 0 aromatic heterocycles. The average molecular weight is 263 g/mol. The number of aliphatic carboxylic acids is 1. The van der Waals surface area contributed by atoms with Crippen LogP contribution in [0.4, 0.5) is 10.5 Å². The van der Waals surface area contributed by atoms with Gasteiger partial charge in [-0.3, -0.25) is 14.5 Å². The molecule has 1 atom stereocenters. The Morgan fingerprint density at radius 1 is 1.37 bits per heavy atom. The molecule has 1 heterocycles. The highest BCUT2D eigenvalue weighted by atomic mass is 16.4. The van der Waals surface area contributed by atoms with Gasteiger partial charge in [-0.05, 0) is 24.6 Å². The first kappa shape index (κ1) is 12.9. The first-order valence-corrected chi connectivity index (χ1v) is 5.56. The van der Waals surface area contributed by atoms with Crippen LogP contribution in [-0.2, 0) is 15.1 Å². The van der Waals surface area contributed by atoms with E-state index in [0.29, 0.717) is 16.2 Å². The highest BCUT2D eigenvalue weighted by molar-refractivity contribution is 6.08. The molecule has 0 unspecified atom stereocenters. The third-order valence-electron chi connectivity index (χ3n) is 3.06. The van der Waals surface area contributed by atoms with Crippen molar-refractivity contribution in [2.75, 3.05) is 12.3 Å². The SMILES string of the molecule is C[C@]1(c2ccc(N)cc2)NC(=O)N(CC(=O)O)C1=O. The van der Waals surface area contributed by atoms with Gasteiger partial charge in [0.1, 0.15) is 12.1 Å². The minimum absolute atomic E-state index is 0.534. The number of benzene rings is 1. The Bertz CT molecular complexity index is 555. The Morgan fingerprint density at radius 2 is 1.95 bits per heavy atom. The van der Waals surface area contributed by atoms with Gasteiger partial charge in [0.15, 0.2) is 0 Å². The van der Waals surface area contributed by atoms with E-state index in [4.69, 9.17) is 10.8 Å². The number of nitrogens with one attached hydrogen (secondary N) is 1. The van der Waals surface area contributed by atoms with Gasteiger partial charge in [-0.25, -0.2) is 4.79 Å². The largest absolute Gasteiger partial charge is 0.480 e. The monoisotopic (exact) mass is 263 g/mol. The van der Waals surface area contributed by atoms with Gasteiger partial charge in [0.05, 0.1) is 0 Å². The van der Waals surface area contributed by atoms with Crippen molar-refractivity contribution in [2.24, 2.45) is 0 Å². The van der Waals surface area contributed by atoms with E-state index >= 15 is 0 Å². The van der Waals surface area contributed by atoms with Crippen LogP contribution in [0.2, 0.25) is 0 Å². The van der Waals surface area contributed by atoms with E-state index in [1.165, 1.54) is 6.92 Å². The second-order valence-electron chi connectivity index (χ2n) is 4.46. The van der Waals surface area contributed by atoms with E-state index in [1.54, 1.807) is 24.3 Å². The van der Waals surface area contributed by atoms with Gasteiger partial charge in [0.2, 0.25) is 0 Å². The second kappa shape index (κ2) is 4.27. The van der Waals surface area contributed by atoms with Crippen molar-refractivity contribution in [3.8, 4) is 0 Å². The molecular weight excluding hydrogens is 250 g/mol. The number of rotatable bonds is 3. The molecule has 1 aromatic carbocycles. The highest BCUT2D eigenvalue weighted by Gasteiger charge is 2.49. The van der Waals surface area contributed by atoms with Crippen LogP contribution in [-0.4, -0.2) is 34.5 Å². The number of carboxylic acids is 1. The predicted molar refractivity (Wildman–Crippen MR) is 66.1 cm³/mol. The Labute approximate surface area is 109 Å². The van der Waals surface area contributed by atoms with Crippen LogP contribution >= 0.6 is 0 Å². The lowest BCUT2D eigenvalue weighted by Crippen LogP contribution is -2.41. The maximum atomic E-state index is 12.2. The molecule has 0 radical (unpaired) electrons. The Hall–Kier alpha value is -2.57. The van der Waals surface area contributed by atoms with Crippen molar-refractivity contribution in [1.82, 2.24) is 10.2 Å². The van der Waals surface area contributed by atoms with Crippen LogP contribution in [0, 0.1) is 0 Å². The molecule has 0 aliphatic carbocycles. The summed E-state index contributed by atoms with van der Waals surface area (Å²) in [6, 6.07) is 5.75. The summed E-state index contributed by atoms with van der Waals surface area (Å²) in [5.41, 5.74) is 5.38. The van der Waals surface area contributed by atoms with Gasteiger partial charge in [-0.1, -0.05) is 12.1 Å². The smallest absolute Gasteiger partial charge is 0.325 e. The number of hydrogen-bond donors (Lipinski definition) is 3. The van der Waals surface area contributed by atoms with Gasteiger partial charge in [-0.15, -0.1) is 0 Å². The van der Waals surface area contributed by atoms with Crippen molar-refractivity contribution in [3.05, 3.63) is 29.8 Å². The topological polar surface area (TPSA) is 113 Å². The van der Waals surface area contributed by atoms with E-state index in [-0.39, 0.29) is 0 Å². The van der Waals surface area contributed by atoms with Crippen LogP contribution < -0.4 is 11.1 Å². The van der Waals surface area contributed by atoms with Crippen molar-refractivity contribution >= 4 is 23.6 Å². The predicted octanol–water partition coefficient (Wildman–Crippen LogP) is 0.120. The lowest BCUT2D eigenvalue weighted by Gasteiger charge is -2.22. The number of anilines is 1. The average Bonchev–Trinajstić information content (AvgIpc) is 2.54. The highest BCUT2D eigenvalue weighted by Crippen LogP contribution is 2.29. The van der Waals surface area contributed by atoms with Crippen molar-refractivity contribution < 1.29 is 19.5 Å². The van der Waals surface area contributed by atoms with Gasteiger partial charge in [0, 0.05) is 5.69 Å². The lowest BCUT2D eigenvalue weighted by molar-refractivity contribution is -0.142. The van der Waals surface area contributed by atoms with Gasteiger partial charge < -0.3 is 16.2 Å². The van der Waals surface area contributed by atoms with Crippen LogP contribution in [0.1, 0.15) is 12.5 Å². The van der Waals surface area contributed by atoms with Crippen molar-refractivity contribution in [3.63, 3.8) is 0 Å². The normalized spacial score (nSPS) is 22.5. The fourth-order valence-electron chi connectivity index (χ4n) is 1.99. The lowest BCUT2D eigenvalue weighted by atomic mass is 9.92. The minimum Gasteiger partial charge on any atom is -0.480 e. The molecule has 0 bridgehead atoms. The van der Waals surface area contributed by atoms with Crippen LogP contribution in [0.15, 0.2) is 24.3 Å². The molecular formula is C12H13N3O4. The number of carbonyl (C=O) groups excluding carboxylic acids is 2. The fraction of sp³-hybridized carbons (Fsp3) is 0.250. The van der Waals surface area contributed by atoms with Crippen LogP contribution in [0.5, 0.6) is 0 Å². The second-order valence-corrected chi connectivity index (χ2v) is 4.46. The third kappa shape index (κ3) is 2.10. The van der Waals surface area contributed by atoms with Gasteiger partial charge in [0.25, 0.3) is 5.91 Å². The maximum absolute atomic E-state index is 12.2. The number of amides is 3. The first-order valence-electron chi connectivity index (χ1n) is 5.56. The molecule has 7 heteroatoms. The molecule has 1 fully saturated rings. The molecule has 100 valence electrons. The molecule has 4 N–H and O–H groups in total. The summed E-state index contributed by atoms with van der Waals surface area (Å²) < 4.78 is 0. The number of carbonyl (C=O) groups is 3. The Balaban J connectivity index is 2.35. The molecule has 1 aliphatic heterocycles. The van der Waals surface area contributed by atoms with Crippen LogP contribution in [0.25, 0.3) is 0 Å². The number of carboxylic acid groups (broad SMARTS) is 1. The first-order chi connectivity index (χ1) is 8.84. The summed E-state index contributed by atoms with van der Waals surface area (Å²) in [6.07, 6.45) is 0. The zero-order valence-corrected chi connectivity index (χ0v) is 10.2. The summed E-state index contributed by atoms with van der Waals surface area (Å²) in [6.45, 7) is 0.871. The summed E-state index contributed by atoms with van der Waals surface area (Å²) in [5, 5.41) is 11.2. The quantitative estimate of drug-likeness (QED) is 0.529. The Morgan fingerprint density at radius 3 is 2.47 bits per heavy atom. The molecule has 2 rings (SSSR count). The van der Waals surface area contributed by atoms with E-state index in [0.717, 1.165) is 0 Å². The Kier molecular flexibility index (Phi) is 2.89. The zero-order valence-electron chi connectivity index (χ0n) is 10.2. The number of nitrogens with zero attached hydrogens (tertiary/aromatic N) is 1. The van der Waals surface area contributed by atoms with Crippen molar-refractivity contribution in [1.29, 1.82) is 0 Å². The molecule has 0 saturated carbocycles. The number of imide groups is 1. The fourth-order valence-corrected chi connectivity index (χ4v) is 1.99. The van der Waals surface area contributed by atoms with Gasteiger partial charge in [-0.2, -0.15) is 0 Å². The summed E-state index contributed by atoms with van der Waals surface area (Å²) in [5.74, 6) is -1.84. The van der Waals surface area contributed by atoms with E-state index < -0.39 is 30.0 Å². The molecule has 3 amide bonds. The summed E-state index contributed by atoms with van der Waals surface area (Å²) >= 11 is 0. The molecule has 19 heavy (non-hydrogen) atoms.